The van der Waals surface area contributed by atoms with Gasteiger partial charge in [-0.2, -0.15) is 11.8 Å². The van der Waals surface area contributed by atoms with Crippen LogP contribution in [0.1, 0.15) is 44.4 Å². The lowest BCUT2D eigenvalue weighted by Gasteiger charge is -2.21. The van der Waals surface area contributed by atoms with Gasteiger partial charge in [0.15, 0.2) is 0 Å². The van der Waals surface area contributed by atoms with Gasteiger partial charge >= 0.3 is 0 Å². The minimum Gasteiger partial charge on any atom is -0.309 e. The van der Waals surface area contributed by atoms with Gasteiger partial charge in [0.05, 0.1) is 0 Å². The van der Waals surface area contributed by atoms with Crippen LogP contribution in [0, 0.1) is 24.5 Å². The molecule has 1 unspecified atom stereocenters. The molecule has 0 aliphatic heterocycles. The summed E-state index contributed by atoms with van der Waals surface area (Å²) < 4.78 is 28.2. The van der Waals surface area contributed by atoms with E-state index < -0.39 is 11.6 Å². The van der Waals surface area contributed by atoms with Crippen molar-refractivity contribution in [1.29, 1.82) is 0 Å². The first kappa shape index (κ1) is 17.4. The Bertz CT molecular complexity index is 421. The predicted molar refractivity (Wildman–Crippen MR) is 84.3 cm³/mol. The van der Waals surface area contributed by atoms with Crippen LogP contribution in [0.25, 0.3) is 0 Å². The first-order chi connectivity index (χ1) is 9.47. The highest BCUT2D eigenvalue weighted by Gasteiger charge is 2.21. The molecular formula is C16H25F2NS. The average Bonchev–Trinajstić information content (AvgIpc) is 2.39. The Morgan fingerprint density at radius 3 is 2.50 bits per heavy atom. The number of halogens is 2. The molecule has 0 radical (unpaired) electrons. The molecular weight excluding hydrogens is 276 g/mol. The second-order valence-electron chi connectivity index (χ2n) is 5.53. The monoisotopic (exact) mass is 301 g/mol. The zero-order valence-electron chi connectivity index (χ0n) is 12.8. The largest absolute Gasteiger partial charge is 0.309 e. The van der Waals surface area contributed by atoms with Gasteiger partial charge in [-0.1, -0.05) is 26.8 Å². The van der Waals surface area contributed by atoms with Crippen molar-refractivity contribution in [3.63, 3.8) is 0 Å². The number of rotatable bonds is 8. The van der Waals surface area contributed by atoms with Crippen LogP contribution in [0.5, 0.6) is 0 Å². The molecule has 0 amide bonds. The summed E-state index contributed by atoms with van der Waals surface area (Å²) in [4.78, 5) is 0. The van der Waals surface area contributed by atoms with Gasteiger partial charge in [0.2, 0.25) is 0 Å². The van der Waals surface area contributed by atoms with Crippen LogP contribution >= 0.6 is 11.8 Å². The van der Waals surface area contributed by atoms with E-state index in [-0.39, 0.29) is 11.6 Å². The highest BCUT2D eigenvalue weighted by Crippen LogP contribution is 2.26. The number of benzene rings is 1. The molecule has 1 rings (SSSR count). The van der Waals surface area contributed by atoms with Crippen LogP contribution in [-0.4, -0.2) is 18.1 Å². The highest BCUT2D eigenvalue weighted by molar-refractivity contribution is 7.99. The number of thioether (sulfide) groups is 1. The van der Waals surface area contributed by atoms with E-state index in [1.54, 1.807) is 18.7 Å². The van der Waals surface area contributed by atoms with Crippen molar-refractivity contribution >= 4 is 11.8 Å². The van der Waals surface area contributed by atoms with Crippen molar-refractivity contribution in [2.24, 2.45) is 5.92 Å². The minimum atomic E-state index is -0.452. The van der Waals surface area contributed by atoms with Crippen LogP contribution in [0.2, 0.25) is 0 Å². The van der Waals surface area contributed by atoms with E-state index in [9.17, 15) is 8.78 Å². The normalized spacial score (nSPS) is 12.9. The lowest BCUT2D eigenvalue weighted by Crippen LogP contribution is -2.26. The van der Waals surface area contributed by atoms with Gasteiger partial charge in [0, 0.05) is 17.4 Å². The van der Waals surface area contributed by atoms with Crippen LogP contribution in [-0.2, 0) is 0 Å². The molecule has 0 bridgehead atoms. The summed E-state index contributed by atoms with van der Waals surface area (Å²) >= 11 is 1.74. The molecule has 0 spiro atoms. The van der Waals surface area contributed by atoms with Crippen molar-refractivity contribution < 1.29 is 8.78 Å². The Morgan fingerprint density at radius 1 is 1.20 bits per heavy atom. The molecule has 4 heteroatoms. The summed E-state index contributed by atoms with van der Waals surface area (Å²) in [5, 5.41) is 3.27. The fraction of sp³-hybridized carbons (Fsp3) is 0.625. The van der Waals surface area contributed by atoms with Crippen LogP contribution in [0.15, 0.2) is 12.1 Å². The van der Waals surface area contributed by atoms with Gasteiger partial charge in [-0.25, -0.2) is 8.78 Å². The van der Waals surface area contributed by atoms with Gasteiger partial charge in [0.1, 0.15) is 11.6 Å². The van der Waals surface area contributed by atoms with E-state index in [0.29, 0.717) is 17.2 Å². The van der Waals surface area contributed by atoms with E-state index in [1.807, 2.05) is 6.92 Å². The lowest BCUT2D eigenvalue weighted by atomic mass is 10.0. The molecule has 0 saturated heterocycles. The zero-order valence-corrected chi connectivity index (χ0v) is 13.6. The average molecular weight is 301 g/mol. The molecule has 1 aromatic rings. The van der Waals surface area contributed by atoms with Crippen LogP contribution in [0.3, 0.4) is 0 Å². The number of aryl methyl sites for hydroxylation is 1. The van der Waals surface area contributed by atoms with E-state index in [4.69, 9.17) is 0 Å². The Labute approximate surface area is 125 Å². The van der Waals surface area contributed by atoms with Crippen molar-refractivity contribution in [2.45, 2.75) is 40.2 Å². The maximum absolute atomic E-state index is 14.2. The second kappa shape index (κ2) is 8.63. The molecule has 114 valence electrons. The molecule has 0 aliphatic rings. The van der Waals surface area contributed by atoms with E-state index >= 15 is 0 Å². The predicted octanol–water partition coefficient (Wildman–Crippen LogP) is 4.70. The van der Waals surface area contributed by atoms with Gasteiger partial charge in [-0.05, 0) is 43.2 Å². The maximum atomic E-state index is 14.2. The standard InChI is InChI=1S/C16H25F2NS/c1-5-8-19-14(10-20-9-11(2)3)15-13(17)7-6-12(4)16(15)18/h6-7,11,14,19H,5,8-10H2,1-4H3. The zero-order chi connectivity index (χ0) is 15.1. The van der Waals surface area contributed by atoms with Gasteiger partial charge in [-0.3, -0.25) is 0 Å². The summed E-state index contributed by atoms with van der Waals surface area (Å²) in [6.07, 6.45) is 0.945. The maximum Gasteiger partial charge on any atom is 0.133 e. The Balaban J connectivity index is 2.89. The van der Waals surface area contributed by atoms with Crippen LogP contribution < -0.4 is 5.32 Å². The number of hydrogen-bond donors (Lipinski definition) is 1. The summed E-state index contributed by atoms with van der Waals surface area (Å²) in [7, 11) is 0. The quantitative estimate of drug-likeness (QED) is 0.746. The molecule has 0 saturated carbocycles. The van der Waals surface area contributed by atoms with E-state index in [2.05, 4.69) is 19.2 Å². The molecule has 0 fully saturated rings. The first-order valence-corrected chi connectivity index (χ1v) is 8.38. The summed E-state index contributed by atoms with van der Waals surface area (Å²) in [6.45, 7) is 8.79. The van der Waals surface area contributed by atoms with Crippen molar-refractivity contribution in [3.8, 4) is 0 Å². The number of nitrogens with one attached hydrogen (secondary N) is 1. The Hall–Kier alpha value is -0.610. The molecule has 1 N–H and O–H groups in total. The van der Waals surface area contributed by atoms with E-state index in [0.717, 1.165) is 18.7 Å². The first-order valence-electron chi connectivity index (χ1n) is 7.23. The fourth-order valence-corrected chi connectivity index (χ4v) is 3.11. The molecule has 0 heterocycles. The third-order valence-corrected chi connectivity index (χ3v) is 4.52. The fourth-order valence-electron chi connectivity index (χ4n) is 1.98. The summed E-state index contributed by atoms with van der Waals surface area (Å²) in [6, 6.07) is 2.59. The minimum absolute atomic E-state index is 0.190. The van der Waals surface area contributed by atoms with E-state index in [1.165, 1.54) is 12.1 Å². The van der Waals surface area contributed by atoms with Crippen molar-refractivity contribution in [1.82, 2.24) is 5.32 Å². The lowest BCUT2D eigenvalue weighted by molar-refractivity contribution is 0.488. The second-order valence-corrected chi connectivity index (χ2v) is 6.60. The van der Waals surface area contributed by atoms with Gasteiger partial charge < -0.3 is 5.32 Å². The molecule has 1 atom stereocenters. The SMILES string of the molecule is CCCNC(CSCC(C)C)c1c(F)ccc(C)c1F. The van der Waals surface area contributed by atoms with Gasteiger partial charge in [0.25, 0.3) is 0 Å². The third kappa shape index (κ3) is 5.06. The summed E-state index contributed by atoms with van der Waals surface area (Å²) in [5.74, 6) is 1.41. The summed E-state index contributed by atoms with van der Waals surface area (Å²) in [5.41, 5.74) is 0.688. The van der Waals surface area contributed by atoms with Crippen molar-refractivity contribution in [3.05, 3.63) is 34.9 Å². The molecule has 0 aliphatic carbocycles. The molecule has 20 heavy (non-hydrogen) atoms. The molecule has 0 aromatic heterocycles. The third-order valence-electron chi connectivity index (χ3n) is 3.04. The molecule has 1 aromatic carbocycles. The smallest absolute Gasteiger partial charge is 0.133 e. The highest BCUT2D eigenvalue weighted by atomic mass is 32.2. The van der Waals surface area contributed by atoms with Crippen LogP contribution in [0.4, 0.5) is 8.78 Å². The Kier molecular flexibility index (Phi) is 7.52. The van der Waals surface area contributed by atoms with Crippen molar-refractivity contribution in [2.75, 3.05) is 18.1 Å². The number of hydrogen-bond acceptors (Lipinski definition) is 2. The topological polar surface area (TPSA) is 12.0 Å². The molecule has 1 nitrogen and oxygen atoms in total. The Morgan fingerprint density at radius 2 is 1.90 bits per heavy atom. The van der Waals surface area contributed by atoms with Gasteiger partial charge in [-0.15, -0.1) is 0 Å².